The molecule has 0 bridgehead atoms. The van der Waals surface area contributed by atoms with E-state index in [-0.39, 0.29) is 48.6 Å². The van der Waals surface area contributed by atoms with Crippen molar-refractivity contribution < 1.29 is 17.6 Å². The highest BCUT2D eigenvalue weighted by Gasteiger charge is 2.62. The molecule has 0 amide bonds. The third-order valence-electron chi connectivity index (χ3n) is 6.66. The Bertz CT molecular complexity index is 1650. The van der Waals surface area contributed by atoms with Crippen LogP contribution in [0.4, 0.5) is 23.4 Å². The van der Waals surface area contributed by atoms with Crippen LogP contribution in [0.3, 0.4) is 0 Å². The molecule has 1 N–H and O–H groups in total. The molecular formula is C24H18ClF4N5O3. The number of aryl methyl sites for hydroxylation is 1. The van der Waals surface area contributed by atoms with E-state index in [4.69, 9.17) is 11.6 Å². The molecule has 3 aromatic rings. The lowest BCUT2D eigenvalue weighted by molar-refractivity contribution is -0.170. The Morgan fingerprint density at radius 3 is 2.35 bits per heavy atom. The zero-order valence-corrected chi connectivity index (χ0v) is 20.0. The molecule has 37 heavy (non-hydrogen) atoms. The Balaban J connectivity index is 1.81. The molecule has 1 saturated carbocycles. The largest absolute Gasteiger partial charge is 0.356 e. The van der Waals surface area contributed by atoms with Crippen LogP contribution in [0, 0.1) is 35.3 Å². The standard InChI is InChI=1S/C24H18ClF4N5O3/c1-12-4-14(7-17(35)31-12)34-21(36)18(13-5-15(25)19(27)16(26)6-13)20(33(3-2-30)22(34)37)32-10-23(11-32)8-24(28,29)9-23/h4-7H,3,8-11H2,1H3,(H,31,35). The van der Waals surface area contributed by atoms with E-state index in [2.05, 4.69) is 4.98 Å². The monoisotopic (exact) mass is 535 g/mol. The van der Waals surface area contributed by atoms with Gasteiger partial charge in [-0.05, 0) is 30.7 Å². The number of anilines is 1. The van der Waals surface area contributed by atoms with Crippen molar-refractivity contribution in [3.05, 3.63) is 77.8 Å². The first-order valence-corrected chi connectivity index (χ1v) is 11.5. The predicted octanol–water partition coefficient (Wildman–Crippen LogP) is 3.35. The normalized spacial score (nSPS) is 17.3. The fraction of sp³-hybridized carbons (Fsp3) is 0.333. The number of halogens is 5. The van der Waals surface area contributed by atoms with Gasteiger partial charge in [-0.2, -0.15) is 5.26 Å². The second-order valence-electron chi connectivity index (χ2n) is 9.57. The van der Waals surface area contributed by atoms with Gasteiger partial charge in [-0.3, -0.25) is 14.2 Å². The minimum atomic E-state index is -2.81. The maximum atomic E-state index is 14.4. The van der Waals surface area contributed by atoms with E-state index < -0.39 is 51.3 Å². The summed E-state index contributed by atoms with van der Waals surface area (Å²) in [7, 11) is 0. The van der Waals surface area contributed by atoms with E-state index in [0.717, 1.165) is 22.8 Å². The smallest absolute Gasteiger partial charge is 0.338 e. The van der Waals surface area contributed by atoms with E-state index >= 15 is 0 Å². The van der Waals surface area contributed by atoms with Crippen LogP contribution in [-0.4, -0.2) is 33.1 Å². The van der Waals surface area contributed by atoms with Crippen molar-refractivity contribution in [1.82, 2.24) is 14.1 Å². The first-order valence-electron chi connectivity index (χ1n) is 11.1. The Kier molecular flexibility index (Phi) is 5.60. The molecule has 2 aromatic heterocycles. The summed E-state index contributed by atoms with van der Waals surface area (Å²) in [6, 6.07) is 5.92. The maximum absolute atomic E-state index is 14.4. The van der Waals surface area contributed by atoms with E-state index in [1.807, 2.05) is 6.07 Å². The fourth-order valence-corrected chi connectivity index (χ4v) is 5.55. The molecule has 0 radical (unpaired) electrons. The molecule has 0 unspecified atom stereocenters. The van der Waals surface area contributed by atoms with Crippen molar-refractivity contribution in [1.29, 1.82) is 5.26 Å². The number of hydrogen-bond acceptors (Lipinski definition) is 5. The van der Waals surface area contributed by atoms with Crippen LogP contribution in [0.1, 0.15) is 18.5 Å². The summed E-state index contributed by atoms with van der Waals surface area (Å²) in [6.07, 6.45) is -0.733. The first kappa shape index (κ1) is 24.8. The van der Waals surface area contributed by atoms with Crippen LogP contribution < -0.4 is 21.7 Å². The number of nitriles is 1. The number of nitrogens with one attached hydrogen (secondary N) is 1. The molecule has 1 aliphatic heterocycles. The molecule has 13 heteroatoms. The highest BCUT2D eigenvalue weighted by Crippen LogP contribution is 2.57. The number of aromatic amines is 1. The predicted molar refractivity (Wildman–Crippen MR) is 126 cm³/mol. The number of aromatic nitrogens is 3. The van der Waals surface area contributed by atoms with E-state index in [9.17, 15) is 37.2 Å². The average molecular weight is 536 g/mol. The van der Waals surface area contributed by atoms with Crippen LogP contribution in [0.25, 0.3) is 16.8 Å². The highest BCUT2D eigenvalue weighted by atomic mass is 35.5. The fourth-order valence-electron chi connectivity index (χ4n) is 5.34. The van der Waals surface area contributed by atoms with Gasteiger partial charge in [0.05, 0.1) is 22.3 Å². The van der Waals surface area contributed by atoms with Gasteiger partial charge < -0.3 is 9.88 Å². The lowest BCUT2D eigenvalue weighted by Gasteiger charge is -2.59. The summed E-state index contributed by atoms with van der Waals surface area (Å²) in [4.78, 5) is 43.5. The van der Waals surface area contributed by atoms with Crippen LogP contribution in [-0.2, 0) is 6.54 Å². The molecule has 2 fully saturated rings. The number of rotatable bonds is 4. The summed E-state index contributed by atoms with van der Waals surface area (Å²) in [5.74, 6) is -5.61. The molecule has 3 heterocycles. The lowest BCUT2D eigenvalue weighted by atomic mass is 9.61. The second kappa shape index (κ2) is 8.34. The summed E-state index contributed by atoms with van der Waals surface area (Å²) < 4.78 is 57.2. The number of pyridine rings is 1. The third-order valence-corrected chi connectivity index (χ3v) is 6.94. The Labute approximate surface area is 210 Å². The third kappa shape index (κ3) is 4.03. The number of hydrogen-bond donors (Lipinski definition) is 1. The van der Waals surface area contributed by atoms with Gasteiger partial charge in [0, 0.05) is 43.1 Å². The van der Waals surface area contributed by atoms with Crippen molar-refractivity contribution in [3.8, 4) is 22.9 Å². The number of alkyl halides is 2. The lowest BCUT2D eigenvalue weighted by Crippen LogP contribution is -2.67. The zero-order valence-electron chi connectivity index (χ0n) is 19.2. The summed E-state index contributed by atoms with van der Waals surface area (Å²) in [6.45, 7) is 1.10. The molecule has 192 valence electrons. The minimum absolute atomic E-state index is 0.0609. The van der Waals surface area contributed by atoms with Gasteiger partial charge in [0.15, 0.2) is 11.6 Å². The second-order valence-corrected chi connectivity index (χ2v) is 9.98. The maximum Gasteiger partial charge on any atom is 0.338 e. The van der Waals surface area contributed by atoms with Gasteiger partial charge in [-0.15, -0.1) is 0 Å². The van der Waals surface area contributed by atoms with Crippen LogP contribution >= 0.6 is 11.6 Å². The van der Waals surface area contributed by atoms with E-state index in [1.165, 1.54) is 17.9 Å². The topological polar surface area (TPSA) is 104 Å². The van der Waals surface area contributed by atoms with Gasteiger partial charge in [-0.25, -0.2) is 26.9 Å². The van der Waals surface area contributed by atoms with Crippen molar-refractivity contribution in [2.45, 2.75) is 32.2 Å². The van der Waals surface area contributed by atoms with Gasteiger partial charge >= 0.3 is 5.69 Å². The Morgan fingerprint density at radius 1 is 1.11 bits per heavy atom. The van der Waals surface area contributed by atoms with Gasteiger partial charge in [0.25, 0.3) is 5.56 Å². The Morgan fingerprint density at radius 2 is 1.78 bits per heavy atom. The number of benzene rings is 1. The van der Waals surface area contributed by atoms with Gasteiger partial charge in [-0.1, -0.05) is 11.6 Å². The van der Waals surface area contributed by atoms with Crippen molar-refractivity contribution in [3.63, 3.8) is 0 Å². The van der Waals surface area contributed by atoms with Crippen molar-refractivity contribution in [2.75, 3.05) is 18.0 Å². The Hall–Kier alpha value is -3.85. The van der Waals surface area contributed by atoms with Crippen LogP contribution in [0.2, 0.25) is 5.02 Å². The SMILES string of the molecule is Cc1cc(-n2c(=O)c(-c3cc(F)c(F)c(Cl)c3)c(N3CC4(C3)CC(F)(F)C4)n(CC#N)c2=O)cc(=O)[nH]1. The minimum Gasteiger partial charge on any atom is -0.356 e. The molecular weight excluding hydrogens is 518 g/mol. The average Bonchev–Trinajstić information content (AvgIpc) is 2.75. The van der Waals surface area contributed by atoms with Crippen molar-refractivity contribution in [2.24, 2.45) is 5.41 Å². The number of H-pyrrole nitrogens is 1. The quantitative estimate of drug-likeness (QED) is 0.408. The molecule has 1 saturated heterocycles. The summed E-state index contributed by atoms with van der Waals surface area (Å²) >= 11 is 5.85. The summed E-state index contributed by atoms with van der Waals surface area (Å²) in [5, 5.41) is 8.85. The van der Waals surface area contributed by atoms with Gasteiger partial charge in [0.1, 0.15) is 12.4 Å². The summed E-state index contributed by atoms with van der Waals surface area (Å²) in [5.41, 5.74) is -3.55. The van der Waals surface area contributed by atoms with Crippen LogP contribution in [0.5, 0.6) is 0 Å². The molecule has 8 nitrogen and oxygen atoms in total. The highest BCUT2D eigenvalue weighted by molar-refractivity contribution is 6.31. The molecule has 1 spiro atoms. The van der Waals surface area contributed by atoms with Crippen molar-refractivity contribution >= 4 is 17.4 Å². The first-order chi connectivity index (χ1) is 17.3. The molecule has 0 atom stereocenters. The van der Waals surface area contributed by atoms with E-state index in [0.29, 0.717) is 10.3 Å². The van der Waals surface area contributed by atoms with Crippen LogP contribution in [0.15, 0.2) is 38.6 Å². The molecule has 1 aliphatic carbocycles. The molecule has 2 aliphatic rings. The van der Waals surface area contributed by atoms with E-state index in [1.54, 1.807) is 0 Å². The number of nitrogens with zero attached hydrogens (tertiary/aromatic N) is 4. The molecule has 1 aromatic carbocycles. The molecule has 5 rings (SSSR count). The zero-order chi connectivity index (χ0) is 26.9. The van der Waals surface area contributed by atoms with Gasteiger partial charge in [0.2, 0.25) is 11.5 Å².